The van der Waals surface area contributed by atoms with E-state index in [1.54, 1.807) is 0 Å². The van der Waals surface area contributed by atoms with Gasteiger partial charge in [-0.05, 0) is 105 Å². The first-order valence-corrected chi connectivity index (χ1v) is 13.5. The van der Waals surface area contributed by atoms with Gasteiger partial charge in [0.25, 0.3) is 0 Å². The summed E-state index contributed by atoms with van der Waals surface area (Å²) in [5, 5.41) is 4.90. The largest absolute Gasteiger partial charge is 0.302 e. The van der Waals surface area contributed by atoms with Crippen molar-refractivity contribution in [1.29, 1.82) is 0 Å². The van der Waals surface area contributed by atoms with Gasteiger partial charge in [0, 0.05) is 10.7 Å². The van der Waals surface area contributed by atoms with Crippen LogP contribution in [0.5, 0.6) is 0 Å². The molecule has 0 aromatic heterocycles. The van der Waals surface area contributed by atoms with Gasteiger partial charge in [0.1, 0.15) is 0 Å². The summed E-state index contributed by atoms with van der Waals surface area (Å²) < 4.78 is 0. The van der Waals surface area contributed by atoms with E-state index in [1.807, 2.05) is 12.2 Å². The molecule has 2 saturated heterocycles. The van der Waals surface area contributed by atoms with E-state index >= 15 is 0 Å². The monoisotopic (exact) mass is 425 g/mol. The van der Waals surface area contributed by atoms with Crippen molar-refractivity contribution >= 4 is 17.5 Å². The van der Waals surface area contributed by atoms with Crippen molar-refractivity contribution in [1.82, 2.24) is 5.32 Å². The first-order chi connectivity index (χ1) is 14.3. The third-order valence-electron chi connectivity index (χ3n) is 11.0. The fourth-order valence-electron chi connectivity index (χ4n) is 9.39. The van der Waals surface area contributed by atoms with Crippen LogP contribution >= 0.6 is 11.8 Å². The van der Waals surface area contributed by atoms with Gasteiger partial charge in [-0.3, -0.25) is 4.79 Å². The molecule has 5 fully saturated rings. The highest BCUT2D eigenvalue weighted by Gasteiger charge is 2.67. The number of allylic oxidation sites excluding steroid dienone is 4. The fraction of sp³-hybridized carbons (Fsp3) is 0.815. The van der Waals surface area contributed by atoms with Gasteiger partial charge in [0.05, 0.1) is 4.87 Å². The summed E-state index contributed by atoms with van der Waals surface area (Å²) in [6, 6.07) is 0. The molecular formula is C27H39NOS. The van der Waals surface area contributed by atoms with Crippen LogP contribution in [0.3, 0.4) is 0 Å². The van der Waals surface area contributed by atoms with Gasteiger partial charge in [-0.2, -0.15) is 0 Å². The predicted molar refractivity (Wildman–Crippen MR) is 125 cm³/mol. The van der Waals surface area contributed by atoms with Crippen molar-refractivity contribution in [3.8, 4) is 0 Å². The summed E-state index contributed by atoms with van der Waals surface area (Å²) in [6.45, 7) is 11.3. The zero-order valence-corrected chi connectivity index (χ0v) is 20.1. The Kier molecular flexibility index (Phi) is 4.35. The maximum atomic E-state index is 12.0. The Labute approximate surface area is 187 Å². The number of carbonyl (C=O) groups excluding carboxylic acids is 1. The second-order valence-corrected chi connectivity index (χ2v) is 13.8. The number of thioether (sulfide) groups is 1. The van der Waals surface area contributed by atoms with Crippen molar-refractivity contribution in [2.24, 2.45) is 46.3 Å². The summed E-state index contributed by atoms with van der Waals surface area (Å²) in [4.78, 5) is 12.4. The van der Waals surface area contributed by atoms with Gasteiger partial charge in [-0.15, -0.1) is 11.8 Å². The molecular weight excluding hydrogens is 386 g/mol. The molecule has 3 saturated carbocycles. The number of fused-ring (bicyclic) bond motifs is 7. The Morgan fingerprint density at radius 3 is 2.70 bits per heavy atom. The normalized spacial score (nSPS) is 56.9. The molecule has 0 aromatic carbocycles. The second kappa shape index (κ2) is 6.50. The van der Waals surface area contributed by atoms with Gasteiger partial charge < -0.3 is 5.32 Å². The molecule has 6 rings (SSSR count). The average molecular weight is 426 g/mol. The van der Waals surface area contributed by atoms with Gasteiger partial charge in [-0.25, -0.2) is 0 Å². The standard InChI is InChI=1S/C27H39NOS/c1-16-7-12-27(28-15-16)17(2)24-23(30-27)14-22-20-6-5-18-13-19(29)8-10-25(18,3)21(20)9-11-26(22,24)4/h8,10,13,16-17,20-24,28H,5-7,9,11-12,14-15H2,1-4H3/t16-,17+,20-,21+,22+,23+,24+,25+,26+,27+/m1/s1. The first kappa shape index (κ1) is 20.1. The van der Waals surface area contributed by atoms with E-state index < -0.39 is 0 Å². The summed E-state index contributed by atoms with van der Waals surface area (Å²) in [5.74, 6) is 5.17. The number of hydrogen-bond acceptors (Lipinski definition) is 3. The molecule has 4 aliphatic carbocycles. The molecule has 1 N–H and O–H groups in total. The Hall–Kier alpha value is -0.540. The van der Waals surface area contributed by atoms with Crippen LogP contribution in [0.4, 0.5) is 0 Å². The molecule has 0 unspecified atom stereocenters. The van der Waals surface area contributed by atoms with E-state index in [4.69, 9.17) is 0 Å². The average Bonchev–Trinajstić information content (AvgIpc) is 3.16. The summed E-state index contributed by atoms with van der Waals surface area (Å²) in [5.41, 5.74) is 2.08. The van der Waals surface area contributed by atoms with Crippen LogP contribution < -0.4 is 5.32 Å². The lowest BCUT2D eigenvalue weighted by atomic mass is 9.47. The predicted octanol–water partition coefficient (Wildman–Crippen LogP) is 5.99. The lowest BCUT2D eigenvalue weighted by Gasteiger charge is -2.58. The Morgan fingerprint density at radius 2 is 1.93 bits per heavy atom. The molecule has 2 aliphatic heterocycles. The zero-order valence-electron chi connectivity index (χ0n) is 19.2. The second-order valence-electron chi connectivity index (χ2n) is 12.3. The van der Waals surface area contributed by atoms with Crippen molar-refractivity contribution in [2.75, 3.05) is 6.54 Å². The maximum absolute atomic E-state index is 12.0. The van der Waals surface area contributed by atoms with E-state index in [1.165, 1.54) is 50.6 Å². The first-order valence-electron chi connectivity index (χ1n) is 12.6. The number of piperidine rings is 1. The minimum absolute atomic E-state index is 0.136. The Bertz CT molecular complexity index is 823. The summed E-state index contributed by atoms with van der Waals surface area (Å²) >= 11 is 2.36. The molecule has 2 heterocycles. The Morgan fingerprint density at radius 1 is 1.10 bits per heavy atom. The molecule has 6 aliphatic rings. The van der Waals surface area contributed by atoms with Crippen LogP contribution in [-0.4, -0.2) is 22.4 Å². The van der Waals surface area contributed by atoms with Crippen molar-refractivity contribution in [2.45, 2.75) is 82.8 Å². The lowest BCUT2D eigenvalue weighted by molar-refractivity contribution is -0.111. The SMILES string of the molecule is C[C@@H]1CC[C@]2(NC1)S[C@H]1C[C@H]3[C@@H]4CCC5=CC(=O)C=C[C@]5(C)[C@H]4CC[C@]3(C)[C@H]1[C@@H]2C. The summed E-state index contributed by atoms with van der Waals surface area (Å²) in [7, 11) is 0. The number of rotatable bonds is 0. The zero-order chi connectivity index (χ0) is 20.9. The van der Waals surface area contributed by atoms with E-state index in [2.05, 4.69) is 50.8 Å². The van der Waals surface area contributed by atoms with Gasteiger partial charge >= 0.3 is 0 Å². The smallest absolute Gasteiger partial charge is 0.178 e. The molecule has 0 amide bonds. The van der Waals surface area contributed by atoms with E-state index in [-0.39, 0.29) is 11.2 Å². The van der Waals surface area contributed by atoms with Crippen LogP contribution in [0, 0.1) is 46.3 Å². The highest BCUT2D eigenvalue weighted by Crippen LogP contribution is 2.72. The van der Waals surface area contributed by atoms with Crippen LogP contribution in [0.15, 0.2) is 23.8 Å². The van der Waals surface area contributed by atoms with Crippen LogP contribution in [0.25, 0.3) is 0 Å². The third kappa shape index (κ3) is 2.51. The van der Waals surface area contributed by atoms with Crippen LogP contribution in [0.1, 0.15) is 72.6 Å². The maximum Gasteiger partial charge on any atom is 0.178 e. The van der Waals surface area contributed by atoms with E-state index in [0.29, 0.717) is 10.3 Å². The molecule has 3 heteroatoms. The third-order valence-corrected chi connectivity index (χ3v) is 13.0. The van der Waals surface area contributed by atoms with Gasteiger partial charge in [-0.1, -0.05) is 39.3 Å². The molecule has 30 heavy (non-hydrogen) atoms. The van der Waals surface area contributed by atoms with Gasteiger partial charge in [0.2, 0.25) is 0 Å². The number of nitrogens with one attached hydrogen (secondary N) is 1. The topological polar surface area (TPSA) is 29.1 Å². The van der Waals surface area contributed by atoms with Crippen LogP contribution in [-0.2, 0) is 4.79 Å². The van der Waals surface area contributed by atoms with Crippen molar-refractivity contribution < 1.29 is 4.79 Å². The fourth-order valence-corrected chi connectivity index (χ4v) is 11.7. The molecule has 10 atom stereocenters. The molecule has 0 radical (unpaired) electrons. The highest BCUT2D eigenvalue weighted by molar-refractivity contribution is 8.01. The number of carbonyl (C=O) groups is 1. The minimum atomic E-state index is 0.136. The number of hydrogen-bond donors (Lipinski definition) is 1. The van der Waals surface area contributed by atoms with Crippen LogP contribution in [0.2, 0.25) is 0 Å². The Balaban J connectivity index is 1.29. The quantitative estimate of drug-likeness (QED) is 0.517. The van der Waals surface area contributed by atoms with Crippen molar-refractivity contribution in [3.05, 3.63) is 23.8 Å². The lowest BCUT2D eigenvalue weighted by Crippen LogP contribution is -2.54. The highest BCUT2D eigenvalue weighted by atomic mass is 32.2. The van der Waals surface area contributed by atoms with Gasteiger partial charge in [0.15, 0.2) is 5.78 Å². The van der Waals surface area contributed by atoms with Crippen molar-refractivity contribution in [3.63, 3.8) is 0 Å². The molecule has 1 spiro atoms. The van der Waals surface area contributed by atoms with E-state index in [0.717, 1.165) is 47.2 Å². The number of ketones is 1. The molecule has 164 valence electrons. The summed E-state index contributed by atoms with van der Waals surface area (Å²) in [6.07, 6.45) is 15.5. The minimum Gasteiger partial charge on any atom is -0.302 e. The molecule has 0 bridgehead atoms. The van der Waals surface area contributed by atoms with E-state index in [9.17, 15) is 4.79 Å². The molecule has 0 aromatic rings. The molecule has 2 nitrogen and oxygen atoms in total.